The molecule has 0 aliphatic rings. The Hall–Kier alpha value is -3.65. The molecule has 0 saturated heterocycles. The van der Waals surface area contributed by atoms with Gasteiger partial charge in [0.05, 0.1) is 23.2 Å². The number of hydrogen-bond donors (Lipinski definition) is 1. The zero-order valence-corrected chi connectivity index (χ0v) is 17.8. The van der Waals surface area contributed by atoms with Gasteiger partial charge in [-0.3, -0.25) is 9.59 Å². The average molecular weight is 439 g/mol. The number of aromatic nitrogens is 3. The van der Waals surface area contributed by atoms with E-state index in [1.807, 2.05) is 12.1 Å². The lowest BCUT2D eigenvalue weighted by molar-refractivity contribution is -0.119. The number of ether oxygens (including phenoxy) is 1. The van der Waals surface area contributed by atoms with Crippen molar-refractivity contribution in [3.63, 3.8) is 0 Å². The molecule has 4 aromatic rings. The summed E-state index contributed by atoms with van der Waals surface area (Å²) in [5, 5.41) is 12.1. The topological polar surface area (TPSA) is 99.2 Å². The van der Waals surface area contributed by atoms with Crippen LogP contribution in [-0.2, 0) is 4.79 Å². The van der Waals surface area contributed by atoms with Gasteiger partial charge >= 0.3 is 0 Å². The molecular weight excluding hydrogens is 420 g/mol. The van der Waals surface area contributed by atoms with Crippen molar-refractivity contribution in [3.8, 4) is 17.0 Å². The van der Waals surface area contributed by atoms with E-state index in [0.717, 1.165) is 4.68 Å². The molecule has 1 atom stereocenters. The lowest BCUT2D eigenvalue weighted by atomic mass is 10.1. The van der Waals surface area contributed by atoms with E-state index in [1.54, 1.807) is 57.4 Å². The number of aryl methyl sites for hydroxylation is 1. The molecule has 0 bridgehead atoms. The Labute approximate surface area is 182 Å². The number of carbonyl (C=O) groups excluding carboxylic acids is 1. The molecule has 1 amide bonds. The second-order valence-electron chi connectivity index (χ2n) is 6.94. The first-order valence-electron chi connectivity index (χ1n) is 9.49. The Balaban J connectivity index is 1.83. The van der Waals surface area contributed by atoms with Crippen LogP contribution in [0.2, 0.25) is 5.02 Å². The van der Waals surface area contributed by atoms with Gasteiger partial charge in [0, 0.05) is 5.56 Å². The molecule has 0 aliphatic carbocycles. The first-order valence-corrected chi connectivity index (χ1v) is 9.87. The Kier molecular flexibility index (Phi) is 5.48. The van der Waals surface area contributed by atoms with Crippen LogP contribution in [0.1, 0.15) is 18.7 Å². The summed E-state index contributed by atoms with van der Waals surface area (Å²) in [6, 6.07) is 13.2. The van der Waals surface area contributed by atoms with Gasteiger partial charge in [0.1, 0.15) is 23.2 Å². The highest BCUT2D eigenvalue weighted by molar-refractivity contribution is 6.33. The summed E-state index contributed by atoms with van der Waals surface area (Å²) in [6.45, 7) is 3.28. The van der Waals surface area contributed by atoms with Crippen LogP contribution in [0.5, 0.6) is 5.75 Å². The zero-order chi connectivity index (χ0) is 22.1. The molecule has 31 heavy (non-hydrogen) atoms. The summed E-state index contributed by atoms with van der Waals surface area (Å²) in [5.41, 5.74) is 1.18. The van der Waals surface area contributed by atoms with Crippen molar-refractivity contribution in [1.29, 1.82) is 0 Å². The predicted molar refractivity (Wildman–Crippen MR) is 118 cm³/mol. The number of halogens is 1. The molecule has 2 heterocycles. The van der Waals surface area contributed by atoms with Gasteiger partial charge in [-0.15, -0.1) is 0 Å². The SMILES string of the molecule is COc1cccc(-c2nn([C@H](C)C(=O)Nc3ccccc3Cl)c(=O)c3noc(C)c23)c1. The van der Waals surface area contributed by atoms with E-state index in [2.05, 4.69) is 15.6 Å². The lowest BCUT2D eigenvalue weighted by Gasteiger charge is -2.16. The van der Waals surface area contributed by atoms with Crippen molar-refractivity contribution in [3.05, 3.63) is 69.7 Å². The number of nitrogens with zero attached hydrogens (tertiary/aromatic N) is 3. The van der Waals surface area contributed by atoms with Gasteiger partial charge in [0.2, 0.25) is 5.91 Å². The molecule has 1 N–H and O–H groups in total. The van der Waals surface area contributed by atoms with Crippen LogP contribution in [0.25, 0.3) is 22.2 Å². The summed E-state index contributed by atoms with van der Waals surface area (Å²) >= 11 is 6.13. The number of fused-ring (bicyclic) bond motifs is 1. The van der Waals surface area contributed by atoms with E-state index in [0.29, 0.717) is 38.9 Å². The standard InChI is InChI=1S/C22H19ClN4O4/c1-12(21(28)24-17-10-5-4-9-16(17)23)27-22(29)20-18(13(2)31-26-20)19(25-27)14-7-6-8-15(11-14)30-3/h4-12H,1-3H3,(H,24,28)/t12-/m1/s1. The highest BCUT2D eigenvalue weighted by Crippen LogP contribution is 2.30. The molecule has 0 unspecified atom stereocenters. The molecule has 0 saturated carbocycles. The maximum absolute atomic E-state index is 13.1. The third kappa shape index (κ3) is 3.77. The van der Waals surface area contributed by atoms with Gasteiger partial charge in [-0.1, -0.05) is 41.0 Å². The van der Waals surface area contributed by atoms with Crippen molar-refractivity contribution < 1.29 is 14.1 Å². The normalized spacial score (nSPS) is 12.0. The summed E-state index contributed by atoms with van der Waals surface area (Å²) in [4.78, 5) is 25.9. The van der Waals surface area contributed by atoms with Gasteiger partial charge in [0.25, 0.3) is 5.56 Å². The van der Waals surface area contributed by atoms with Crippen LogP contribution < -0.4 is 15.6 Å². The van der Waals surface area contributed by atoms with Gasteiger partial charge in [-0.2, -0.15) is 5.10 Å². The Bertz CT molecular complexity index is 1350. The van der Waals surface area contributed by atoms with Crippen LogP contribution in [0.4, 0.5) is 5.69 Å². The number of benzene rings is 2. The number of hydrogen-bond acceptors (Lipinski definition) is 6. The highest BCUT2D eigenvalue weighted by atomic mass is 35.5. The summed E-state index contributed by atoms with van der Waals surface area (Å²) in [7, 11) is 1.56. The monoisotopic (exact) mass is 438 g/mol. The van der Waals surface area contributed by atoms with Crippen molar-refractivity contribution in [2.75, 3.05) is 12.4 Å². The number of methoxy groups -OCH3 is 1. The summed E-state index contributed by atoms with van der Waals surface area (Å²) in [6.07, 6.45) is 0. The number of nitrogens with one attached hydrogen (secondary N) is 1. The van der Waals surface area contributed by atoms with Gasteiger partial charge in [-0.05, 0) is 38.1 Å². The number of carbonyl (C=O) groups is 1. The third-order valence-electron chi connectivity index (χ3n) is 4.94. The maximum Gasteiger partial charge on any atom is 0.297 e. The fraction of sp³-hybridized carbons (Fsp3) is 0.182. The van der Waals surface area contributed by atoms with Crippen LogP contribution in [0.15, 0.2) is 57.8 Å². The number of para-hydroxylation sites is 1. The fourth-order valence-electron chi connectivity index (χ4n) is 3.25. The van der Waals surface area contributed by atoms with Crippen molar-refractivity contribution in [2.45, 2.75) is 19.9 Å². The average Bonchev–Trinajstić information content (AvgIpc) is 3.17. The van der Waals surface area contributed by atoms with Gasteiger partial charge < -0.3 is 14.6 Å². The van der Waals surface area contributed by atoms with Gasteiger partial charge in [0.15, 0.2) is 5.52 Å². The first kappa shape index (κ1) is 20.6. The lowest BCUT2D eigenvalue weighted by Crippen LogP contribution is -2.34. The molecular formula is C22H19ClN4O4. The highest BCUT2D eigenvalue weighted by Gasteiger charge is 2.25. The van der Waals surface area contributed by atoms with Crippen molar-refractivity contribution in [1.82, 2.24) is 14.9 Å². The number of anilines is 1. The van der Waals surface area contributed by atoms with E-state index in [4.69, 9.17) is 20.9 Å². The molecule has 0 radical (unpaired) electrons. The van der Waals surface area contributed by atoms with E-state index >= 15 is 0 Å². The van der Waals surface area contributed by atoms with E-state index in [9.17, 15) is 9.59 Å². The number of rotatable bonds is 5. The van der Waals surface area contributed by atoms with Crippen molar-refractivity contribution in [2.24, 2.45) is 0 Å². The molecule has 8 nitrogen and oxygen atoms in total. The summed E-state index contributed by atoms with van der Waals surface area (Å²) in [5.74, 6) is 0.639. The van der Waals surface area contributed by atoms with Gasteiger partial charge in [-0.25, -0.2) is 4.68 Å². The van der Waals surface area contributed by atoms with E-state index < -0.39 is 17.5 Å². The maximum atomic E-state index is 13.1. The Morgan fingerprint density at radius 3 is 2.74 bits per heavy atom. The molecule has 0 spiro atoms. The largest absolute Gasteiger partial charge is 0.497 e. The quantitative estimate of drug-likeness (QED) is 0.500. The van der Waals surface area contributed by atoms with Crippen LogP contribution >= 0.6 is 11.6 Å². The Morgan fingerprint density at radius 2 is 2.00 bits per heavy atom. The fourth-order valence-corrected chi connectivity index (χ4v) is 3.44. The van der Waals surface area contributed by atoms with Crippen molar-refractivity contribution >= 4 is 34.1 Å². The second-order valence-corrected chi connectivity index (χ2v) is 7.34. The van der Waals surface area contributed by atoms with E-state index in [1.165, 1.54) is 0 Å². The molecule has 4 rings (SSSR count). The smallest absolute Gasteiger partial charge is 0.297 e. The second kappa shape index (κ2) is 8.23. The number of amides is 1. The third-order valence-corrected chi connectivity index (χ3v) is 5.27. The minimum Gasteiger partial charge on any atom is -0.497 e. The molecule has 9 heteroatoms. The minimum absolute atomic E-state index is 0.0997. The molecule has 2 aromatic carbocycles. The van der Waals surface area contributed by atoms with E-state index in [-0.39, 0.29) is 5.52 Å². The van der Waals surface area contributed by atoms with Crippen LogP contribution in [0.3, 0.4) is 0 Å². The Morgan fingerprint density at radius 1 is 1.23 bits per heavy atom. The zero-order valence-electron chi connectivity index (χ0n) is 17.0. The molecule has 158 valence electrons. The van der Waals surface area contributed by atoms with Crippen LogP contribution in [0, 0.1) is 6.92 Å². The summed E-state index contributed by atoms with van der Waals surface area (Å²) < 4.78 is 11.7. The molecule has 0 fully saturated rings. The predicted octanol–water partition coefficient (Wildman–Crippen LogP) is 4.22. The molecule has 0 aliphatic heterocycles. The first-order chi connectivity index (χ1) is 14.9. The molecule has 2 aromatic heterocycles. The minimum atomic E-state index is -0.936. The van der Waals surface area contributed by atoms with Crippen LogP contribution in [-0.4, -0.2) is 28.0 Å².